The Bertz CT molecular complexity index is 331. The maximum absolute atomic E-state index is 11.6. The number of rotatable bonds is 4. The number of amides is 1. The van der Waals surface area contributed by atoms with Gasteiger partial charge in [0.15, 0.2) is 5.76 Å². The third-order valence-corrected chi connectivity index (χ3v) is 2.40. The van der Waals surface area contributed by atoms with Gasteiger partial charge < -0.3 is 14.6 Å². The zero-order valence-corrected chi connectivity index (χ0v) is 9.70. The number of carbonyl (C=O) groups is 1. The fourth-order valence-electron chi connectivity index (χ4n) is 1.07. The number of nitrogens with zero attached hydrogens (tertiary/aromatic N) is 1. The minimum absolute atomic E-state index is 0.156. The predicted molar refractivity (Wildman–Crippen MR) is 58.9 cm³/mol. The number of likely N-dealkylation sites (N-methyl/N-ethyl adjacent to an activating group) is 1. The molecule has 15 heavy (non-hydrogen) atoms. The van der Waals surface area contributed by atoms with Crippen LogP contribution in [0, 0.1) is 6.92 Å². The van der Waals surface area contributed by atoms with Gasteiger partial charge in [0.2, 0.25) is 0 Å². The van der Waals surface area contributed by atoms with E-state index in [1.165, 1.54) is 0 Å². The zero-order valence-electron chi connectivity index (χ0n) is 9.70. The summed E-state index contributed by atoms with van der Waals surface area (Å²) in [6, 6.07) is 3.78. The lowest BCUT2D eigenvalue weighted by atomic mass is 10.3. The van der Waals surface area contributed by atoms with E-state index in [0.717, 1.165) is 5.76 Å². The summed E-state index contributed by atoms with van der Waals surface area (Å²) in [6.07, 6.45) is 0. The molecule has 0 bridgehead atoms. The number of hydrogen-bond donors (Lipinski definition) is 1. The smallest absolute Gasteiger partial charge is 0.287 e. The van der Waals surface area contributed by atoms with Crippen molar-refractivity contribution in [3.8, 4) is 0 Å². The van der Waals surface area contributed by atoms with Gasteiger partial charge in [0.05, 0.1) is 0 Å². The highest BCUT2D eigenvalue weighted by molar-refractivity contribution is 5.91. The molecule has 1 aromatic rings. The maximum Gasteiger partial charge on any atom is 0.287 e. The Morgan fingerprint density at radius 3 is 2.67 bits per heavy atom. The SMILES string of the molecule is Cc1ccc(C(=O)NCC(C)N(C)C)o1. The van der Waals surface area contributed by atoms with E-state index < -0.39 is 0 Å². The molecule has 0 saturated heterocycles. The molecule has 1 N–H and O–H groups in total. The first-order valence-corrected chi connectivity index (χ1v) is 5.01. The molecule has 0 spiro atoms. The molecule has 1 atom stereocenters. The Kier molecular flexibility index (Phi) is 3.91. The number of furan rings is 1. The molecular formula is C11H18N2O2. The van der Waals surface area contributed by atoms with Gasteiger partial charge >= 0.3 is 0 Å². The Balaban J connectivity index is 2.43. The first-order valence-electron chi connectivity index (χ1n) is 5.01. The van der Waals surface area contributed by atoms with Gasteiger partial charge in [0, 0.05) is 12.6 Å². The van der Waals surface area contributed by atoms with Gasteiger partial charge in [-0.15, -0.1) is 0 Å². The molecule has 84 valence electrons. The summed E-state index contributed by atoms with van der Waals surface area (Å²) in [5, 5.41) is 2.82. The van der Waals surface area contributed by atoms with Crippen LogP contribution in [0.5, 0.6) is 0 Å². The van der Waals surface area contributed by atoms with Crippen molar-refractivity contribution in [1.82, 2.24) is 10.2 Å². The largest absolute Gasteiger partial charge is 0.456 e. The van der Waals surface area contributed by atoms with Gasteiger partial charge in [0.1, 0.15) is 5.76 Å². The Hall–Kier alpha value is -1.29. The van der Waals surface area contributed by atoms with Gasteiger partial charge in [-0.25, -0.2) is 0 Å². The average Bonchev–Trinajstić information content (AvgIpc) is 2.60. The minimum Gasteiger partial charge on any atom is -0.456 e. The summed E-state index contributed by atoms with van der Waals surface area (Å²) >= 11 is 0. The molecule has 1 amide bonds. The van der Waals surface area contributed by atoms with E-state index in [1.54, 1.807) is 12.1 Å². The molecule has 0 saturated carbocycles. The van der Waals surface area contributed by atoms with Crippen molar-refractivity contribution in [2.75, 3.05) is 20.6 Å². The van der Waals surface area contributed by atoms with E-state index in [2.05, 4.69) is 5.32 Å². The highest BCUT2D eigenvalue weighted by Gasteiger charge is 2.11. The predicted octanol–water partition coefficient (Wildman–Crippen LogP) is 1.27. The van der Waals surface area contributed by atoms with Crippen molar-refractivity contribution in [2.45, 2.75) is 19.9 Å². The summed E-state index contributed by atoms with van der Waals surface area (Å²) in [7, 11) is 3.96. The number of nitrogens with one attached hydrogen (secondary N) is 1. The van der Waals surface area contributed by atoms with Crippen LogP contribution in [0.2, 0.25) is 0 Å². The Morgan fingerprint density at radius 1 is 1.53 bits per heavy atom. The standard InChI is InChI=1S/C11H18N2O2/c1-8(13(3)4)7-12-11(14)10-6-5-9(2)15-10/h5-6,8H,7H2,1-4H3,(H,12,14). The summed E-state index contributed by atoms with van der Waals surface area (Å²) < 4.78 is 5.21. The maximum atomic E-state index is 11.6. The van der Waals surface area contributed by atoms with Crippen LogP contribution in [0.15, 0.2) is 16.5 Å². The number of aryl methyl sites for hydroxylation is 1. The van der Waals surface area contributed by atoms with Crippen LogP contribution in [0.1, 0.15) is 23.2 Å². The Morgan fingerprint density at radius 2 is 2.20 bits per heavy atom. The third-order valence-electron chi connectivity index (χ3n) is 2.40. The fourth-order valence-corrected chi connectivity index (χ4v) is 1.07. The van der Waals surface area contributed by atoms with Gasteiger partial charge in [0.25, 0.3) is 5.91 Å². The summed E-state index contributed by atoms with van der Waals surface area (Å²) in [4.78, 5) is 13.6. The van der Waals surface area contributed by atoms with E-state index >= 15 is 0 Å². The normalized spacial score (nSPS) is 12.9. The third kappa shape index (κ3) is 3.40. The second-order valence-electron chi connectivity index (χ2n) is 3.93. The van der Waals surface area contributed by atoms with Crippen molar-refractivity contribution >= 4 is 5.91 Å². The lowest BCUT2D eigenvalue weighted by Crippen LogP contribution is -2.38. The summed E-state index contributed by atoms with van der Waals surface area (Å²) in [5.41, 5.74) is 0. The van der Waals surface area contributed by atoms with E-state index in [1.807, 2.05) is 32.8 Å². The van der Waals surface area contributed by atoms with E-state index in [9.17, 15) is 4.79 Å². The molecule has 1 aromatic heterocycles. The molecule has 1 rings (SSSR count). The zero-order chi connectivity index (χ0) is 11.4. The van der Waals surface area contributed by atoms with Crippen molar-refractivity contribution in [2.24, 2.45) is 0 Å². The summed E-state index contributed by atoms with van der Waals surface area (Å²) in [5.74, 6) is 0.969. The van der Waals surface area contributed by atoms with Crippen LogP contribution in [0.3, 0.4) is 0 Å². The molecule has 0 aliphatic carbocycles. The Labute approximate surface area is 90.3 Å². The average molecular weight is 210 g/mol. The van der Waals surface area contributed by atoms with Crippen molar-refractivity contribution in [1.29, 1.82) is 0 Å². The van der Waals surface area contributed by atoms with Gasteiger partial charge in [-0.05, 0) is 40.1 Å². The lowest BCUT2D eigenvalue weighted by Gasteiger charge is -2.19. The van der Waals surface area contributed by atoms with Crippen LogP contribution in [-0.4, -0.2) is 37.5 Å². The topological polar surface area (TPSA) is 45.5 Å². The number of hydrogen-bond acceptors (Lipinski definition) is 3. The molecule has 4 heteroatoms. The van der Waals surface area contributed by atoms with Gasteiger partial charge in [-0.1, -0.05) is 0 Å². The second-order valence-corrected chi connectivity index (χ2v) is 3.93. The highest BCUT2D eigenvalue weighted by Crippen LogP contribution is 2.05. The molecular weight excluding hydrogens is 192 g/mol. The molecule has 0 radical (unpaired) electrons. The van der Waals surface area contributed by atoms with E-state index in [4.69, 9.17) is 4.42 Å². The van der Waals surface area contributed by atoms with Crippen LogP contribution in [-0.2, 0) is 0 Å². The van der Waals surface area contributed by atoms with Crippen molar-refractivity contribution < 1.29 is 9.21 Å². The second kappa shape index (κ2) is 4.98. The molecule has 0 fully saturated rings. The molecule has 1 unspecified atom stereocenters. The van der Waals surface area contributed by atoms with Crippen molar-refractivity contribution in [3.63, 3.8) is 0 Å². The first kappa shape index (κ1) is 11.8. The molecule has 4 nitrogen and oxygen atoms in total. The van der Waals surface area contributed by atoms with Gasteiger partial charge in [-0.2, -0.15) is 0 Å². The van der Waals surface area contributed by atoms with Crippen LogP contribution >= 0.6 is 0 Å². The molecule has 0 aliphatic heterocycles. The van der Waals surface area contributed by atoms with E-state index in [0.29, 0.717) is 18.3 Å². The highest BCUT2D eigenvalue weighted by atomic mass is 16.3. The van der Waals surface area contributed by atoms with Crippen molar-refractivity contribution in [3.05, 3.63) is 23.7 Å². The molecule has 0 aliphatic rings. The first-order chi connectivity index (χ1) is 7.00. The van der Waals surface area contributed by atoms with Crippen LogP contribution in [0.25, 0.3) is 0 Å². The van der Waals surface area contributed by atoms with E-state index in [-0.39, 0.29) is 5.91 Å². The van der Waals surface area contributed by atoms with Crippen LogP contribution < -0.4 is 5.32 Å². The van der Waals surface area contributed by atoms with Crippen LogP contribution in [0.4, 0.5) is 0 Å². The fraction of sp³-hybridized carbons (Fsp3) is 0.545. The monoisotopic (exact) mass is 210 g/mol. The molecule has 1 heterocycles. The minimum atomic E-state index is -0.156. The summed E-state index contributed by atoms with van der Waals surface area (Å²) in [6.45, 7) is 4.48. The lowest BCUT2D eigenvalue weighted by molar-refractivity contribution is 0.0914. The molecule has 0 aromatic carbocycles. The van der Waals surface area contributed by atoms with Gasteiger partial charge in [-0.3, -0.25) is 4.79 Å². The quantitative estimate of drug-likeness (QED) is 0.814. The number of carbonyl (C=O) groups excluding carboxylic acids is 1.